The Morgan fingerprint density at radius 2 is 1.82 bits per heavy atom. The van der Waals surface area contributed by atoms with Crippen LogP contribution >= 0.6 is 11.6 Å². The molecule has 3 aliphatic rings. The summed E-state index contributed by atoms with van der Waals surface area (Å²) in [5, 5.41) is 12.7. The second kappa shape index (κ2) is 13.3. The lowest BCUT2D eigenvalue weighted by Gasteiger charge is -2.37. The lowest BCUT2D eigenvalue weighted by molar-refractivity contribution is -0.137. The summed E-state index contributed by atoms with van der Waals surface area (Å²) in [7, 11) is 0. The van der Waals surface area contributed by atoms with Crippen LogP contribution in [-0.2, 0) is 23.9 Å². The van der Waals surface area contributed by atoms with Gasteiger partial charge >= 0.3 is 6.18 Å². The molecule has 7 rings (SSSR count). The lowest BCUT2D eigenvalue weighted by atomic mass is 9.80. The first-order chi connectivity index (χ1) is 24.3. The minimum atomic E-state index is -4.60. The highest BCUT2D eigenvalue weighted by Gasteiger charge is 2.41. The van der Waals surface area contributed by atoms with Crippen molar-refractivity contribution in [2.24, 2.45) is 5.92 Å². The lowest BCUT2D eigenvalue weighted by Crippen LogP contribution is -2.50. The zero-order valence-electron chi connectivity index (χ0n) is 27.9. The van der Waals surface area contributed by atoms with Gasteiger partial charge in [-0.3, -0.25) is 14.4 Å². The van der Waals surface area contributed by atoms with Gasteiger partial charge in [-0.1, -0.05) is 18.5 Å². The number of nitrogens with zero attached hydrogens (tertiary/aromatic N) is 8. The van der Waals surface area contributed by atoms with Gasteiger partial charge in [-0.2, -0.15) is 13.2 Å². The van der Waals surface area contributed by atoms with E-state index in [0.29, 0.717) is 35.6 Å². The van der Waals surface area contributed by atoms with Crippen LogP contribution in [-0.4, -0.2) is 85.1 Å². The number of anilines is 3. The van der Waals surface area contributed by atoms with E-state index >= 15 is 0 Å². The van der Waals surface area contributed by atoms with E-state index in [1.165, 1.54) is 6.33 Å². The molecule has 1 aliphatic carbocycles. The van der Waals surface area contributed by atoms with Crippen molar-refractivity contribution in [2.45, 2.75) is 58.3 Å². The van der Waals surface area contributed by atoms with Crippen LogP contribution in [0.15, 0.2) is 35.5 Å². The molecular weight excluding hydrogens is 691 g/mol. The summed E-state index contributed by atoms with van der Waals surface area (Å²) in [6.07, 6.45) is 1.79. The van der Waals surface area contributed by atoms with Gasteiger partial charge < -0.3 is 29.7 Å². The van der Waals surface area contributed by atoms with Gasteiger partial charge in [0.05, 0.1) is 28.2 Å². The maximum Gasteiger partial charge on any atom is 0.416 e. The summed E-state index contributed by atoms with van der Waals surface area (Å²) < 4.78 is 41.3. The Balaban J connectivity index is 1.23. The predicted octanol–water partition coefficient (Wildman–Crippen LogP) is 4.42. The molecule has 0 bridgehead atoms. The summed E-state index contributed by atoms with van der Waals surface area (Å²) >= 11 is 6.13. The third-order valence-electron chi connectivity index (χ3n) is 10.1. The van der Waals surface area contributed by atoms with Crippen LogP contribution in [0.5, 0.6) is 5.75 Å². The molecule has 17 heteroatoms. The van der Waals surface area contributed by atoms with Gasteiger partial charge in [-0.15, -0.1) is 0 Å². The Morgan fingerprint density at radius 3 is 2.47 bits per heavy atom. The van der Waals surface area contributed by atoms with Gasteiger partial charge in [0.15, 0.2) is 22.6 Å². The van der Waals surface area contributed by atoms with Crippen LogP contribution in [0.25, 0.3) is 11.2 Å². The van der Waals surface area contributed by atoms with Gasteiger partial charge in [-0.25, -0.2) is 19.9 Å². The Labute approximate surface area is 295 Å². The van der Waals surface area contributed by atoms with E-state index in [-0.39, 0.29) is 77.2 Å². The van der Waals surface area contributed by atoms with Crippen molar-refractivity contribution in [2.75, 3.05) is 47.8 Å². The first kappa shape index (κ1) is 34.5. The Morgan fingerprint density at radius 1 is 1.06 bits per heavy atom. The third kappa shape index (κ3) is 6.29. The highest BCUT2D eigenvalue weighted by Crippen LogP contribution is 2.42. The molecule has 3 aromatic heterocycles. The summed E-state index contributed by atoms with van der Waals surface area (Å²) in [6, 6.07) is 3.02. The number of hydrogen-bond donors (Lipinski definition) is 2. The summed E-state index contributed by atoms with van der Waals surface area (Å²) in [5.41, 5.74) is -0.00134. The molecule has 1 saturated carbocycles. The topological polar surface area (TPSA) is 150 Å². The highest BCUT2D eigenvalue weighted by molar-refractivity contribution is 6.33. The molecule has 4 aromatic rings. The summed E-state index contributed by atoms with van der Waals surface area (Å²) in [4.78, 5) is 64.2. The van der Waals surface area contributed by atoms with Crippen LogP contribution in [0.2, 0.25) is 5.02 Å². The standard InChI is InChI=1S/C34H35ClF3N9O4/c1-3-23-29(44-10-12-45(13-11-44)33(51)28-30(49)18(2)40-17-41-28)31(50)27-32(39-15-25(43-27)46-9-8-19-4-7-24(19)46)47(23)16-26(48)42-22-6-5-20(14-21(22)35)34(36,37)38/h5-6,14-15,17,19,24,49H,3-4,7-13,16H2,1-2H3,(H,42,48)/t19-,24-/m0/s1. The molecule has 0 radical (unpaired) electrons. The first-order valence-electron chi connectivity index (χ1n) is 16.8. The summed E-state index contributed by atoms with van der Waals surface area (Å²) in [5.74, 6) is -0.166. The number of alkyl halides is 3. The number of pyridine rings is 1. The molecule has 2 aliphatic heterocycles. The molecular formula is C34H35ClF3N9O4. The maximum absolute atomic E-state index is 14.4. The van der Waals surface area contributed by atoms with Crippen LogP contribution in [0.3, 0.4) is 0 Å². The van der Waals surface area contributed by atoms with E-state index in [9.17, 15) is 32.7 Å². The van der Waals surface area contributed by atoms with Crippen molar-refractivity contribution in [1.82, 2.24) is 29.4 Å². The first-order valence-corrected chi connectivity index (χ1v) is 17.1. The highest BCUT2D eigenvalue weighted by atomic mass is 35.5. The van der Waals surface area contributed by atoms with Crippen LogP contribution in [0.4, 0.5) is 30.4 Å². The second-order valence-electron chi connectivity index (χ2n) is 13.0. The molecule has 5 heterocycles. The molecule has 0 unspecified atom stereocenters. The molecule has 2 atom stereocenters. The average Bonchev–Trinajstić information content (AvgIpc) is 3.39. The fourth-order valence-electron chi connectivity index (χ4n) is 7.30. The number of halogens is 4. The number of aromatic hydroxyl groups is 1. The van der Waals surface area contributed by atoms with Crippen molar-refractivity contribution in [1.29, 1.82) is 0 Å². The van der Waals surface area contributed by atoms with Gasteiger partial charge in [-0.05, 0) is 56.7 Å². The van der Waals surface area contributed by atoms with E-state index < -0.39 is 23.6 Å². The van der Waals surface area contributed by atoms with Gasteiger partial charge in [0.25, 0.3) is 5.91 Å². The van der Waals surface area contributed by atoms with Crippen LogP contribution in [0.1, 0.15) is 53.6 Å². The number of fused-ring (bicyclic) bond motifs is 2. The number of nitrogens with one attached hydrogen (secondary N) is 1. The predicted molar refractivity (Wildman–Crippen MR) is 183 cm³/mol. The average molecular weight is 726 g/mol. The number of carbonyl (C=O) groups excluding carboxylic acids is 2. The minimum absolute atomic E-state index is 0.00134. The number of benzene rings is 1. The summed E-state index contributed by atoms with van der Waals surface area (Å²) in [6.45, 7) is 4.85. The van der Waals surface area contributed by atoms with Crippen molar-refractivity contribution < 1.29 is 27.9 Å². The van der Waals surface area contributed by atoms with Crippen molar-refractivity contribution in [3.8, 4) is 5.75 Å². The fraction of sp³-hybridized carbons (Fsp3) is 0.441. The van der Waals surface area contributed by atoms with E-state index in [4.69, 9.17) is 16.6 Å². The van der Waals surface area contributed by atoms with E-state index in [2.05, 4.69) is 25.2 Å². The molecule has 2 saturated heterocycles. The third-order valence-corrected chi connectivity index (χ3v) is 10.4. The smallest absolute Gasteiger partial charge is 0.416 e. The number of amides is 2. The number of aryl methyl sites for hydroxylation is 1. The van der Waals surface area contributed by atoms with E-state index in [0.717, 1.165) is 44.0 Å². The monoisotopic (exact) mass is 725 g/mol. The Bertz CT molecular complexity index is 2100. The molecule has 268 valence electrons. The molecule has 13 nitrogen and oxygen atoms in total. The zero-order chi connectivity index (χ0) is 36.2. The van der Waals surface area contributed by atoms with Gasteiger partial charge in [0.1, 0.15) is 24.4 Å². The maximum atomic E-state index is 14.4. The van der Waals surface area contributed by atoms with Gasteiger partial charge in [0, 0.05) is 44.5 Å². The van der Waals surface area contributed by atoms with E-state index in [1.807, 2.05) is 11.8 Å². The molecule has 2 N–H and O–H groups in total. The SMILES string of the molecule is CCc1c(N2CCN(C(=O)c3ncnc(C)c3O)CC2)c(=O)c2nc(N3CC[C@@H]4CC[C@@H]43)cnc2n1CC(=O)Nc1ccc(C(F)(F)F)cc1Cl. The molecule has 1 aromatic carbocycles. The van der Waals surface area contributed by atoms with Crippen LogP contribution in [0, 0.1) is 12.8 Å². The van der Waals surface area contributed by atoms with Crippen molar-refractivity contribution in [3.63, 3.8) is 0 Å². The number of rotatable bonds is 7. The van der Waals surface area contributed by atoms with E-state index in [1.54, 1.807) is 22.6 Å². The second-order valence-corrected chi connectivity index (χ2v) is 13.4. The van der Waals surface area contributed by atoms with Crippen molar-refractivity contribution in [3.05, 3.63) is 68.6 Å². The van der Waals surface area contributed by atoms with Gasteiger partial charge in [0.2, 0.25) is 11.3 Å². The molecule has 2 amide bonds. The van der Waals surface area contributed by atoms with Crippen molar-refractivity contribution >= 4 is 51.8 Å². The fourth-order valence-corrected chi connectivity index (χ4v) is 7.53. The zero-order valence-corrected chi connectivity index (χ0v) is 28.6. The number of carbonyl (C=O) groups is 2. The molecule has 51 heavy (non-hydrogen) atoms. The molecule has 0 spiro atoms. The largest absolute Gasteiger partial charge is 0.504 e. The molecule has 3 fully saturated rings. The normalized spacial score (nSPS) is 18.9. The quantitative estimate of drug-likeness (QED) is 0.281. The van der Waals surface area contributed by atoms with Crippen LogP contribution < -0.4 is 20.5 Å². The number of piperazine rings is 1. The number of aromatic nitrogens is 5. The minimum Gasteiger partial charge on any atom is -0.504 e. The Kier molecular flexibility index (Phi) is 8.98. The number of hydrogen-bond acceptors (Lipinski definition) is 10. The Hall–Kier alpha value is -4.99.